The maximum atomic E-state index is 12.8. The molecule has 0 bridgehead atoms. The Bertz CT molecular complexity index is 1040. The number of hydrogen-bond donors (Lipinski definition) is 1. The predicted octanol–water partition coefficient (Wildman–Crippen LogP) is 4.86. The summed E-state index contributed by atoms with van der Waals surface area (Å²) < 4.78 is 21.9. The lowest BCUT2D eigenvalue weighted by atomic mass is 10.1. The van der Waals surface area contributed by atoms with Crippen molar-refractivity contribution in [3.63, 3.8) is 0 Å². The summed E-state index contributed by atoms with van der Waals surface area (Å²) in [5.74, 6) is 1.91. The number of ether oxygens (including phenoxy) is 3. The Morgan fingerprint density at radius 2 is 1.94 bits per heavy atom. The average molecular weight is 445 g/mol. The summed E-state index contributed by atoms with van der Waals surface area (Å²) in [6.45, 7) is 6.54. The number of carbonyl (C=O) groups excluding carboxylic acids is 1. The van der Waals surface area contributed by atoms with Crippen LogP contribution >= 0.6 is 11.6 Å². The summed E-state index contributed by atoms with van der Waals surface area (Å²) in [5, 5.41) is 7.25. The van der Waals surface area contributed by atoms with Crippen LogP contribution in [-0.4, -0.2) is 24.8 Å². The molecular formula is C23H25ClN2O5. The van der Waals surface area contributed by atoms with Crippen molar-refractivity contribution in [1.82, 2.24) is 10.5 Å². The summed E-state index contributed by atoms with van der Waals surface area (Å²) in [7, 11) is 1.54. The van der Waals surface area contributed by atoms with Gasteiger partial charge in [-0.1, -0.05) is 28.9 Å². The summed E-state index contributed by atoms with van der Waals surface area (Å²) >= 11 is 6.31. The fourth-order valence-corrected chi connectivity index (χ4v) is 3.36. The van der Waals surface area contributed by atoms with Crippen LogP contribution in [0.4, 0.5) is 0 Å². The molecule has 0 fully saturated rings. The van der Waals surface area contributed by atoms with Gasteiger partial charge in [0.05, 0.1) is 35.6 Å². The van der Waals surface area contributed by atoms with Crippen molar-refractivity contribution in [3.05, 3.63) is 69.6 Å². The molecule has 0 unspecified atom stereocenters. The molecule has 0 aliphatic carbocycles. The average Bonchev–Trinajstić information content (AvgIpc) is 3.09. The van der Waals surface area contributed by atoms with E-state index >= 15 is 0 Å². The van der Waals surface area contributed by atoms with Crippen LogP contribution in [0.5, 0.6) is 17.2 Å². The van der Waals surface area contributed by atoms with Gasteiger partial charge in [-0.3, -0.25) is 4.79 Å². The van der Waals surface area contributed by atoms with Gasteiger partial charge in [-0.15, -0.1) is 0 Å². The van der Waals surface area contributed by atoms with Gasteiger partial charge in [0.25, 0.3) is 5.91 Å². The largest absolute Gasteiger partial charge is 0.493 e. The Hall–Kier alpha value is -3.19. The van der Waals surface area contributed by atoms with Crippen LogP contribution in [0.3, 0.4) is 0 Å². The highest BCUT2D eigenvalue weighted by Crippen LogP contribution is 2.36. The zero-order valence-electron chi connectivity index (χ0n) is 18.0. The molecule has 0 saturated carbocycles. The van der Waals surface area contributed by atoms with Gasteiger partial charge in [-0.2, -0.15) is 0 Å². The zero-order valence-corrected chi connectivity index (χ0v) is 18.7. The number of nitrogens with zero attached hydrogens (tertiary/aromatic N) is 1. The molecule has 0 spiro atoms. The van der Waals surface area contributed by atoms with Gasteiger partial charge < -0.3 is 24.1 Å². The number of para-hydroxylation sites is 1. The van der Waals surface area contributed by atoms with Gasteiger partial charge >= 0.3 is 0 Å². The van der Waals surface area contributed by atoms with E-state index in [2.05, 4.69) is 10.5 Å². The Kier molecular flexibility index (Phi) is 7.41. The van der Waals surface area contributed by atoms with Gasteiger partial charge in [0.15, 0.2) is 11.5 Å². The van der Waals surface area contributed by atoms with E-state index in [9.17, 15) is 4.79 Å². The van der Waals surface area contributed by atoms with E-state index in [0.29, 0.717) is 40.2 Å². The number of halogens is 1. The van der Waals surface area contributed by atoms with Crippen molar-refractivity contribution in [1.29, 1.82) is 0 Å². The number of aromatic nitrogens is 1. The Balaban J connectivity index is 1.71. The van der Waals surface area contributed by atoms with Crippen LogP contribution in [0.1, 0.15) is 39.9 Å². The van der Waals surface area contributed by atoms with Gasteiger partial charge in [-0.25, -0.2) is 0 Å². The molecule has 0 radical (unpaired) electrons. The normalized spacial score (nSPS) is 10.6. The molecule has 2 aromatic carbocycles. The Morgan fingerprint density at radius 3 is 2.61 bits per heavy atom. The minimum absolute atomic E-state index is 0.261. The van der Waals surface area contributed by atoms with E-state index in [4.69, 9.17) is 30.3 Å². The molecule has 0 aliphatic rings. The number of nitrogens with one attached hydrogen (secondary N) is 1. The first kappa shape index (κ1) is 22.5. The minimum Gasteiger partial charge on any atom is -0.493 e. The summed E-state index contributed by atoms with van der Waals surface area (Å²) in [6, 6.07) is 10.6. The van der Waals surface area contributed by atoms with E-state index < -0.39 is 0 Å². The predicted molar refractivity (Wildman–Crippen MR) is 117 cm³/mol. The first-order valence-corrected chi connectivity index (χ1v) is 10.2. The molecule has 0 aliphatic heterocycles. The second-order valence-corrected chi connectivity index (χ2v) is 7.22. The first-order valence-electron chi connectivity index (χ1n) is 9.85. The highest BCUT2D eigenvalue weighted by Gasteiger charge is 2.16. The molecule has 1 amide bonds. The third kappa shape index (κ3) is 5.30. The van der Waals surface area contributed by atoms with Crippen molar-refractivity contribution in [2.24, 2.45) is 0 Å². The molecule has 31 heavy (non-hydrogen) atoms. The maximum absolute atomic E-state index is 12.8. The van der Waals surface area contributed by atoms with Crippen LogP contribution in [0.2, 0.25) is 5.02 Å². The van der Waals surface area contributed by atoms with Crippen LogP contribution in [-0.2, 0) is 13.2 Å². The minimum atomic E-state index is -0.265. The van der Waals surface area contributed by atoms with Crippen LogP contribution in [0.25, 0.3) is 0 Å². The molecule has 0 saturated heterocycles. The quantitative estimate of drug-likeness (QED) is 0.507. The molecule has 0 atom stereocenters. The van der Waals surface area contributed by atoms with Crippen molar-refractivity contribution in [2.75, 3.05) is 13.7 Å². The molecule has 1 heterocycles. The second kappa shape index (κ2) is 10.2. The topological polar surface area (TPSA) is 82.8 Å². The van der Waals surface area contributed by atoms with Crippen LogP contribution in [0, 0.1) is 13.8 Å². The van der Waals surface area contributed by atoms with E-state index in [1.807, 2.05) is 26.8 Å². The third-order valence-electron chi connectivity index (χ3n) is 4.72. The van der Waals surface area contributed by atoms with Crippen molar-refractivity contribution in [3.8, 4) is 17.2 Å². The summed E-state index contributed by atoms with van der Waals surface area (Å²) in [6.07, 6.45) is 0. The highest BCUT2D eigenvalue weighted by atomic mass is 35.5. The first-order chi connectivity index (χ1) is 14.9. The fourth-order valence-electron chi connectivity index (χ4n) is 3.08. The smallest absolute Gasteiger partial charge is 0.255 e. The van der Waals surface area contributed by atoms with Crippen molar-refractivity contribution in [2.45, 2.75) is 33.9 Å². The SMILES string of the molecule is CCOc1c(Cl)cc(CNC(=O)c2ccccc2OCc2c(C)noc2C)cc1OC. The molecule has 3 rings (SSSR count). The highest BCUT2D eigenvalue weighted by molar-refractivity contribution is 6.32. The van der Waals surface area contributed by atoms with Gasteiger partial charge in [0.1, 0.15) is 18.1 Å². The number of benzene rings is 2. The molecule has 8 heteroatoms. The molecule has 164 valence electrons. The number of carbonyl (C=O) groups is 1. The van der Waals surface area contributed by atoms with Gasteiger partial charge in [0, 0.05) is 6.54 Å². The summed E-state index contributed by atoms with van der Waals surface area (Å²) in [4.78, 5) is 12.8. The number of methoxy groups -OCH3 is 1. The molecule has 1 N–H and O–H groups in total. The Labute approximate surface area is 186 Å². The second-order valence-electron chi connectivity index (χ2n) is 6.81. The van der Waals surface area contributed by atoms with Crippen LogP contribution in [0.15, 0.2) is 40.9 Å². The zero-order chi connectivity index (χ0) is 22.4. The van der Waals surface area contributed by atoms with E-state index in [1.54, 1.807) is 37.4 Å². The summed E-state index contributed by atoms with van der Waals surface area (Å²) in [5.41, 5.74) is 2.85. The third-order valence-corrected chi connectivity index (χ3v) is 5.00. The fraction of sp³-hybridized carbons (Fsp3) is 0.304. The maximum Gasteiger partial charge on any atom is 0.255 e. The van der Waals surface area contributed by atoms with Crippen molar-refractivity contribution >= 4 is 17.5 Å². The van der Waals surface area contributed by atoms with E-state index in [-0.39, 0.29) is 19.1 Å². The number of aryl methyl sites for hydroxylation is 2. The Morgan fingerprint density at radius 1 is 1.16 bits per heavy atom. The number of amides is 1. The lowest BCUT2D eigenvalue weighted by Gasteiger charge is -2.14. The van der Waals surface area contributed by atoms with Gasteiger partial charge in [-0.05, 0) is 50.6 Å². The monoisotopic (exact) mass is 444 g/mol. The molecular weight excluding hydrogens is 420 g/mol. The van der Waals surface area contributed by atoms with E-state index in [1.165, 1.54) is 0 Å². The van der Waals surface area contributed by atoms with Crippen LogP contribution < -0.4 is 19.5 Å². The lowest BCUT2D eigenvalue weighted by Crippen LogP contribution is -2.23. The number of rotatable bonds is 9. The number of hydrogen-bond acceptors (Lipinski definition) is 6. The molecule has 1 aromatic heterocycles. The van der Waals surface area contributed by atoms with E-state index in [0.717, 1.165) is 16.8 Å². The standard InChI is InChI=1S/C23H25ClN2O5/c1-5-29-22-19(24)10-16(11-21(22)28-4)12-25-23(27)17-8-6-7-9-20(17)30-13-18-14(2)26-31-15(18)3/h6-11H,5,12-13H2,1-4H3,(H,25,27). The van der Waals surface area contributed by atoms with Crippen molar-refractivity contribution < 1.29 is 23.5 Å². The molecule has 7 nitrogen and oxygen atoms in total. The molecule has 3 aromatic rings. The lowest BCUT2D eigenvalue weighted by molar-refractivity contribution is 0.0946. The van der Waals surface area contributed by atoms with Gasteiger partial charge in [0.2, 0.25) is 0 Å².